The van der Waals surface area contributed by atoms with Crippen LogP contribution >= 0.6 is 0 Å². The van der Waals surface area contributed by atoms with Gasteiger partial charge < -0.3 is 24.6 Å². The van der Waals surface area contributed by atoms with Gasteiger partial charge in [0.25, 0.3) is 5.91 Å². The number of rotatable bonds is 7. The van der Waals surface area contributed by atoms with Crippen molar-refractivity contribution in [3.8, 4) is 11.5 Å². The summed E-state index contributed by atoms with van der Waals surface area (Å²) in [6.45, 7) is 6.30. The Balaban J connectivity index is 1.52. The van der Waals surface area contributed by atoms with Crippen LogP contribution in [0.5, 0.6) is 11.5 Å². The summed E-state index contributed by atoms with van der Waals surface area (Å²) in [4.78, 5) is 16.3. The molecule has 0 unspecified atom stereocenters. The van der Waals surface area contributed by atoms with Crippen molar-refractivity contribution in [3.63, 3.8) is 0 Å². The monoisotopic (exact) mass is 384 g/mol. The maximum Gasteiger partial charge on any atom is 0.275 e. The summed E-state index contributed by atoms with van der Waals surface area (Å²) in [5.74, 6) is 1.55. The van der Waals surface area contributed by atoms with Gasteiger partial charge in [-0.05, 0) is 37.3 Å². The minimum absolute atomic E-state index is 0.0561. The van der Waals surface area contributed by atoms with Crippen LogP contribution in [0.15, 0.2) is 48.5 Å². The van der Waals surface area contributed by atoms with E-state index < -0.39 is 0 Å². The number of quaternary nitrogens is 1. The van der Waals surface area contributed by atoms with E-state index in [4.69, 9.17) is 9.47 Å². The van der Waals surface area contributed by atoms with E-state index in [1.54, 1.807) is 14.2 Å². The molecule has 1 aliphatic rings. The molecule has 0 spiro atoms. The van der Waals surface area contributed by atoms with Gasteiger partial charge in [-0.1, -0.05) is 18.2 Å². The molecule has 6 nitrogen and oxygen atoms in total. The standard InChI is InChI=1S/C22H29N3O3/c1-17(20-15-19(27-2)9-10-21(20)28-3)23-22(26)16-24-11-13-25(14-12-24)18-7-5-4-6-8-18/h4-10,15,17H,11-14,16H2,1-3H3,(H,23,26)/p+1/t17-/m1/s1. The molecule has 150 valence electrons. The van der Waals surface area contributed by atoms with Crippen molar-refractivity contribution in [2.45, 2.75) is 13.0 Å². The van der Waals surface area contributed by atoms with Gasteiger partial charge in [-0.3, -0.25) is 4.79 Å². The van der Waals surface area contributed by atoms with E-state index in [2.05, 4.69) is 34.5 Å². The molecule has 3 rings (SSSR count). The number of amides is 1. The number of para-hydroxylation sites is 1. The molecule has 0 aromatic heterocycles. The molecule has 0 saturated carbocycles. The Labute approximate surface area is 167 Å². The van der Waals surface area contributed by atoms with Crippen LogP contribution in [0.25, 0.3) is 0 Å². The number of piperazine rings is 1. The topological polar surface area (TPSA) is 55.2 Å². The second kappa shape index (κ2) is 9.46. The third-order valence-electron chi connectivity index (χ3n) is 5.28. The van der Waals surface area contributed by atoms with Gasteiger partial charge in [-0.15, -0.1) is 0 Å². The molecular formula is C22H30N3O3+. The number of hydrogen-bond acceptors (Lipinski definition) is 4. The second-order valence-electron chi connectivity index (χ2n) is 7.15. The molecule has 2 N–H and O–H groups in total. The Morgan fingerprint density at radius 3 is 2.46 bits per heavy atom. The van der Waals surface area contributed by atoms with Gasteiger partial charge in [-0.25, -0.2) is 0 Å². The molecule has 28 heavy (non-hydrogen) atoms. The molecule has 0 aliphatic carbocycles. The fraction of sp³-hybridized carbons (Fsp3) is 0.409. The summed E-state index contributed by atoms with van der Waals surface area (Å²) >= 11 is 0. The first kappa shape index (κ1) is 20.0. The summed E-state index contributed by atoms with van der Waals surface area (Å²) in [6.07, 6.45) is 0. The highest BCUT2D eigenvalue weighted by Gasteiger charge is 2.23. The number of carbonyl (C=O) groups excluding carboxylic acids is 1. The molecule has 1 atom stereocenters. The van der Waals surface area contributed by atoms with E-state index in [1.807, 2.05) is 31.2 Å². The van der Waals surface area contributed by atoms with Crippen molar-refractivity contribution in [2.75, 3.05) is 51.8 Å². The summed E-state index contributed by atoms with van der Waals surface area (Å²) in [6, 6.07) is 15.9. The van der Waals surface area contributed by atoms with E-state index in [1.165, 1.54) is 10.6 Å². The van der Waals surface area contributed by atoms with E-state index in [9.17, 15) is 4.79 Å². The number of hydrogen-bond donors (Lipinski definition) is 2. The number of nitrogens with zero attached hydrogens (tertiary/aromatic N) is 1. The minimum Gasteiger partial charge on any atom is -0.497 e. The van der Waals surface area contributed by atoms with Crippen molar-refractivity contribution < 1.29 is 19.2 Å². The second-order valence-corrected chi connectivity index (χ2v) is 7.15. The van der Waals surface area contributed by atoms with Crippen LogP contribution < -0.4 is 24.6 Å². The number of carbonyl (C=O) groups is 1. The van der Waals surface area contributed by atoms with Crippen molar-refractivity contribution >= 4 is 11.6 Å². The Morgan fingerprint density at radius 2 is 1.82 bits per heavy atom. The summed E-state index contributed by atoms with van der Waals surface area (Å²) < 4.78 is 10.7. The van der Waals surface area contributed by atoms with Crippen molar-refractivity contribution in [1.82, 2.24) is 5.32 Å². The lowest BCUT2D eigenvalue weighted by Crippen LogP contribution is -3.15. The average Bonchev–Trinajstić information content (AvgIpc) is 2.74. The summed E-state index contributed by atoms with van der Waals surface area (Å²) in [5.41, 5.74) is 2.17. The number of methoxy groups -OCH3 is 2. The maximum atomic E-state index is 12.6. The molecule has 1 amide bonds. The van der Waals surface area contributed by atoms with Gasteiger partial charge in [-0.2, -0.15) is 0 Å². The largest absolute Gasteiger partial charge is 0.497 e. The lowest BCUT2D eigenvalue weighted by Gasteiger charge is -2.33. The van der Waals surface area contributed by atoms with E-state index in [0.717, 1.165) is 43.2 Å². The fourth-order valence-corrected chi connectivity index (χ4v) is 3.67. The lowest BCUT2D eigenvalue weighted by atomic mass is 10.1. The van der Waals surface area contributed by atoms with Gasteiger partial charge in [0.05, 0.1) is 46.4 Å². The van der Waals surface area contributed by atoms with Crippen LogP contribution in [0.1, 0.15) is 18.5 Å². The smallest absolute Gasteiger partial charge is 0.275 e. The van der Waals surface area contributed by atoms with E-state index in [-0.39, 0.29) is 11.9 Å². The van der Waals surface area contributed by atoms with Crippen LogP contribution in [0.3, 0.4) is 0 Å². The number of nitrogens with one attached hydrogen (secondary N) is 2. The first-order valence-corrected chi connectivity index (χ1v) is 9.75. The first-order chi connectivity index (χ1) is 13.6. The van der Waals surface area contributed by atoms with Gasteiger partial charge >= 0.3 is 0 Å². The van der Waals surface area contributed by atoms with Crippen LogP contribution in [-0.4, -0.2) is 52.9 Å². The number of anilines is 1. The molecule has 2 aromatic carbocycles. The van der Waals surface area contributed by atoms with Crippen LogP contribution in [0.4, 0.5) is 5.69 Å². The first-order valence-electron chi connectivity index (χ1n) is 9.75. The summed E-state index contributed by atoms with van der Waals surface area (Å²) in [7, 11) is 3.27. The molecule has 1 saturated heterocycles. The average molecular weight is 385 g/mol. The van der Waals surface area contributed by atoms with Crippen molar-refractivity contribution in [3.05, 3.63) is 54.1 Å². The molecule has 1 heterocycles. The molecule has 1 fully saturated rings. The van der Waals surface area contributed by atoms with Crippen molar-refractivity contribution in [1.29, 1.82) is 0 Å². The van der Waals surface area contributed by atoms with Gasteiger partial charge in [0, 0.05) is 11.3 Å². The zero-order valence-corrected chi connectivity index (χ0v) is 16.9. The number of benzene rings is 2. The normalized spacial score (nSPS) is 15.8. The third-order valence-corrected chi connectivity index (χ3v) is 5.28. The highest BCUT2D eigenvalue weighted by Crippen LogP contribution is 2.29. The Morgan fingerprint density at radius 1 is 1.11 bits per heavy atom. The Kier molecular flexibility index (Phi) is 6.76. The van der Waals surface area contributed by atoms with Gasteiger partial charge in [0.1, 0.15) is 11.5 Å². The Hall–Kier alpha value is -2.73. The molecular weight excluding hydrogens is 354 g/mol. The molecule has 2 aromatic rings. The molecule has 6 heteroatoms. The Bertz CT molecular complexity index is 774. The minimum atomic E-state index is -0.150. The van der Waals surface area contributed by atoms with Gasteiger partial charge in [0.15, 0.2) is 6.54 Å². The lowest BCUT2D eigenvalue weighted by molar-refractivity contribution is -0.892. The zero-order chi connectivity index (χ0) is 19.9. The van der Waals surface area contributed by atoms with Crippen LogP contribution in [-0.2, 0) is 4.79 Å². The highest BCUT2D eigenvalue weighted by atomic mass is 16.5. The highest BCUT2D eigenvalue weighted by molar-refractivity contribution is 5.77. The van der Waals surface area contributed by atoms with Gasteiger partial charge in [0.2, 0.25) is 0 Å². The molecule has 0 bridgehead atoms. The zero-order valence-electron chi connectivity index (χ0n) is 16.9. The number of ether oxygens (including phenoxy) is 2. The van der Waals surface area contributed by atoms with E-state index in [0.29, 0.717) is 6.54 Å². The van der Waals surface area contributed by atoms with Crippen LogP contribution in [0, 0.1) is 0 Å². The van der Waals surface area contributed by atoms with Crippen molar-refractivity contribution in [2.24, 2.45) is 0 Å². The quantitative estimate of drug-likeness (QED) is 0.755. The van der Waals surface area contributed by atoms with E-state index >= 15 is 0 Å². The summed E-state index contributed by atoms with van der Waals surface area (Å²) in [5, 5.41) is 3.10. The third kappa shape index (κ3) is 4.95. The molecule has 0 radical (unpaired) electrons. The predicted molar refractivity (Wildman–Crippen MR) is 110 cm³/mol. The molecule has 1 aliphatic heterocycles. The maximum absolute atomic E-state index is 12.6. The fourth-order valence-electron chi connectivity index (χ4n) is 3.67. The SMILES string of the molecule is COc1ccc(OC)c([C@@H](C)NC(=O)C[NH+]2CCN(c3ccccc3)CC2)c1. The van der Waals surface area contributed by atoms with Crippen LogP contribution in [0.2, 0.25) is 0 Å². The predicted octanol–water partition coefficient (Wildman–Crippen LogP) is 1.29.